The van der Waals surface area contributed by atoms with Crippen molar-refractivity contribution >= 4 is 22.8 Å². The summed E-state index contributed by atoms with van der Waals surface area (Å²) < 4.78 is 55.9. The summed E-state index contributed by atoms with van der Waals surface area (Å²) in [6.07, 6.45) is 1.40. The molecule has 14 heteroatoms. The van der Waals surface area contributed by atoms with E-state index in [1.165, 1.54) is 0 Å². The van der Waals surface area contributed by atoms with Gasteiger partial charge in [0.15, 0.2) is 0 Å². The van der Waals surface area contributed by atoms with Crippen LogP contribution in [0.15, 0.2) is 48.7 Å². The molecule has 2 amide bonds. The maximum absolute atomic E-state index is 14.0. The number of aliphatic hydroxyl groups is 2. The van der Waals surface area contributed by atoms with Crippen LogP contribution in [-0.2, 0) is 9.59 Å². The largest absolute Gasteiger partial charge is 0.389 e. The molecule has 2 aromatic carbocycles. The Hall–Kier alpha value is -4.74. The second-order valence-electron chi connectivity index (χ2n) is 20.8. The minimum absolute atomic E-state index is 0.105. The van der Waals surface area contributed by atoms with Crippen molar-refractivity contribution in [2.24, 2.45) is 21.7 Å². The normalized spacial score (nSPS) is 22.7. The lowest BCUT2D eigenvalue weighted by atomic mass is 9.71. The van der Waals surface area contributed by atoms with Gasteiger partial charge in [0.25, 0.3) is 0 Å². The first kappa shape index (κ1) is 43.9. The average Bonchev–Trinajstić information content (AvgIpc) is 4.11. The Kier molecular flexibility index (Phi) is 10.6. The zero-order valence-corrected chi connectivity index (χ0v) is 36.4. The molecule has 4 saturated carbocycles. The number of halogens is 4. The predicted octanol–water partition coefficient (Wildman–Crippen LogP) is 9.20. The molecule has 10 nitrogen and oxygen atoms in total. The second kappa shape index (κ2) is 14.9. The van der Waals surface area contributed by atoms with Crippen LogP contribution in [0.3, 0.4) is 0 Å². The van der Waals surface area contributed by atoms with Crippen molar-refractivity contribution in [3.05, 3.63) is 71.4 Å². The van der Waals surface area contributed by atoms with Gasteiger partial charge in [0.05, 0.1) is 57.0 Å². The van der Waals surface area contributed by atoms with Gasteiger partial charge in [-0.2, -0.15) is 0 Å². The van der Waals surface area contributed by atoms with Crippen molar-refractivity contribution in [3.63, 3.8) is 0 Å². The summed E-state index contributed by atoms with van der Waals surface area (Å²) in [5.74, 6) is 1.26. The lowest BCUT2D eigenvalue weighted by Crippen LogP contribution is -2.53. The number of imidazole rings is 2. The standard InChI is InChI=1S/C48H58F4N6O4/c1-41(2,3)35(57-39(59)43(15-16-43)45(61)19-23-47(49,50)24-20-45)37-53-28-34(56-37)31-12-9-29(10-13-31)7-8-30-11-14-32-33(27-30)55-38(54-32)36(42(4,5)6)58-40(60)44(17-18-44)46(62)21-25-48(51,52)26-22-46/h9-14,27-28,35-36,61-62H,15-26H2,1-6H3,(H,53,56)(H,54,55)(H,57,59)(H,58,60)/t35-,36?/m1/s1. The third-order valence-corrected chi connectivity index (χ3v) is 14.2. The highest BCUT2D eigenvalue weighted by atomic mass is 19.3. The maximum atomic E-state index is 14.0. The van der Waals surface area contributed by atoms with Crippen molar-refractivity contribution in [1.29, 1.82) is 0 Å². The van der Waals surface area contributed by atoms with E-state index in [1.54, 1.807) is 6.20 Å². The first-order valence-electron chi connectivity index (χ1n) is 21.9. The molecule has 6 N–H and O–H groups in total. The fraction of sp³-hybridized carbons (Fsp3) is 0.583. The molecule has 332 valence electrons. The van der Waals surface area contributed by atoms with Crippen LogP contribution in [0, 0.1) is 33.5 Å². The van der Waals surface area contributed by atoms with E-state index in [4.69, 9.17) is 4.98 Å². The van der Waals surface area contributed by atoms with Gasteiger partial charge in [-0.05, 0) is 98.1 Å². The van der Waals surface area contributed by atoms with Crippen LogP contribution in [0.5, 0.6) is 0 Å². The highest BCUT2D eigenvalue weighted by Gasteiger charge is 2.67. The fourth-order valence-electron chi connectivity index (χ4n) is 9.75. The Morgan fingerprint density at radius 1 is 0.645 bits per heavy atom. The van der Waals surface area contributed by atoms with Gasteiger partial charge in [-0.15, -0.1) is 0 Å². The molecule has 0 spiro atoms. The minimum atomic E-state index is -2.82. The maximum Gasteiger partial charge on any atom is 0.248 e. The Bertz CT molecular complexity index is 2400. The molecule has 0 aliphatic heterocycles. The molecule has 2 atom stereocenters. The fourth-order valence-corrected chi connectivity index (χ4v) is 9.75. The Labute approximate surface area is 359 Å². The molecule has 62 heavy (non-hydrogen) atoms. The van der Waals surface area contributed by atoms with Crippen LogP contribution in [0.25, 0.3) is 22.3 Å². The molecule has 8 rings (SSSR count). The van der Waals surface area contributed by atoms with Gasteiger partial charge in [0.1, 0.15) is 11.6 Å². The van der Waals surface area contributed by atoms with E-state index in [1.807, 2.05) is 84.0 Å². The van der Waals surface area contributed by atoms with Crippen molar-refractivity contribution in [2.75, 3.05) is 0 Å². The Morgan fingerprint density at radius 3 is 1.56 bits per heavy atom. The zero-order chi connectivity index (χ0) is 44.7. The van der Waals surface area contributed by atoms with Gasteiger partial charge in [-0.1, -0.05) is 65.5 Å². The molecule has 0 bridgehead atoms. The summed E-state index contributed by atoms with van der Waals surface area (Å²) in [5.41, 5.74) is -1.44. The van der Waals surface area contributed by atoms with E-state index in [9.17, 15) is 37.4 Å². The summed E-state index contributed by atoms with van der Waals surface area (Å²) in [7, 11) is 0. The molecule has 2 aromatic heterocycles. The van der Waals surface area contributed by atoms with Crippen molar-refractivity contribution in [2.45, 2.75) is 154 Å². The smallest absolute Gasteiger partial charge is 0.248 e. The predicted molar refractivity (Wildman–Crippen MR) is 227 cm³/mol. The number of aromatic amines is 2. The van der Waals surface area contributed by atoms with Crippen LogP contribution in [-0.4, -0.2) is 65.0 Å². The summed E-state index contributed by atoms with van der Waals surface area (Å²) >= 11 is 0. The number of benzene rings is 2. The second-order valence-corrected chi connectivity index (χ2v) is 20.8. The molecule has 1 unspecified atom stereocenters. The van der Waals surface area contributed by atoms with E-state index in [0.29, 0.717) is 42.8 Å². The number of aromatic nitrogens is 4. The van der Waals surface area contributed by atoms with Crippen molar-refractivity contribution in [1.82, 2.24) is 30.6 Å². The highest BCUT2D eigenvalue weighted by Crippen LogP contribution is 2.62. The van der Waals surface area contributed by atoms with E-state index in [2.05, 4.69) is 37.4 Å². The minimum Gasteiger partial charge on any atom is -0.389 e. The number of rotatable bonds is 9. The summed E-state index contributed by atoms with van der Waals surface area (Å²) in [6.45, 7) is 11.9. The molecule has 4 aliphatic rings. The molecule has 4 aromatic rings. The van der Waals surface area contributed by atoms with Crippen LogP contribution >= 0.6 is 0 Å². The third kappa shape index (κ3) is 8.27. The van der Waals surface area contributed by atoms with E-state index in [-0.39, 0.29) is 37.5 Å². The average molecular weight is 859 g/mol. The van der Waals surface area contributed by atoms with Crippen LogP contribution in [0.1, 0.15) is 153 Å². The SMILES string of the molecule is CC(C)(C)C(NC(=O)C1(C2(O)CCC(F)(F)CC2)CC1)c1nc2ccc(C#Cc3ccc(-c4cnc([C@@H](NC(=O)C5(C6(O)CCC(F)(F)CC6)CC5)C(C)(C)C)[nH]4)cc3)cc2[nH]1. The van der Waals surface area contributed by atoms with Crippen molar-refractivity contribution < 1.29 is 37.4 Å². The quantitative estimate of drug-likeness (QED) is 0.0729. The van der Waals surface area contributed by atoms with Gasteiger partial charge in [0.2, 0.25) is 23.7 Å². The number of alkyl halides is 4. The van der Waals surface area contributed by atoms with E-state index >= 15 is 0 Å². The number of H-pyrrole nitrogens is 2. The monoisotopic (exact) mass is 858 g/mol. The first-order chi connectivity index (χ1) is 28.9. The van der Waals surface area contributed by atoms with Crippen LogP contribution < -0.4 is 10.6 Å². The van der Waals surface area contributed by atoms with Gasteiger partial charge in [-0.25, -0.2) is 27.5 Å². The summed E-state index contributed by atoms with van der Waals surface area (Å²) in [4.78, 5) is 43.9. The third-order valence-electron chi connectivity index (χ3n) is 14.2. The number of hydrogen-bond acceptors (Lipinski definition) is 6. The summed E-state index contributed by atoms with van der Waals surface area (Å²) in [5, 5.41) is 29.2. The van der Waals surface area contributed by atoms with Crippen LogP contribution in [0.2, 0.25) is 0 Å². The number of amides is 2. The lowest BCUT2D eigenvalue weighted by molar-refractivity contribution is -0.157. The molecule has 2 heterocycles. The first-order valence-corrected chi connectivity index (χ1v) is 21.9. The van der Waals surface area contributed by atoms with Crippen molar-refractivity contribution in [3.8, 4) is 23.1 Å². The number of fused-ring (bicyclic) bond motifs is 1. The Morgan fingerprint density at radius 2 is 1.10 bits per heavy atom. The van der Waals surface area contributed by atoms with Gasteiger partial charge < -0.3 is 30.8 Å². The number of carbonyl (C=O) groups excluding carboxylic acids is 2. The van der Waals surface area contributed by atoms with E-state index < -0.39 is 82.5 Å². The van der Waals surface area contributed by atoms with Gasteiger partial charge >= 0.3 is 0 Å². The van der Waals surface area contributed by atoms with Crippen LogP contribution in [0.4, 0.5) is 17.6 Å². The molecular formula is C48H58F4N6O4. The van der Waals surface area contributed by atoms with Gasteiger partial charge in [-0.3, -0.25) is 9.59 Å². The molecule has 4 aliphatic carbocycles. The molecule has 0 radical (unpaired) electrons. The molecule has 0 saturated heterocycles. The molecule has 4 fully saturated rings. The van der Waals surface area contributed by atoms with Gasteiger partial charge in [0, 0.05) is 36.8 Å². The zero-order valence-electron chi connectivity index (χ0n) is 36.4. The number of nitrogens with zero attached hydrogens (tertiary/aromatic N) is 2. The molecular weight excluding hydrogens is 801 g/mol. The number of nitrogens with one attached hydrogen (secondary N) is 4. The number of hydrogen-bond donors (Lipinski definition) is 6. The number of carbonyl (C=O) groups is 2. The summed E-state index contributed by atoms with van der Waals surface area (Å²) in [6, 6.07) is 12.2. The highest BCUT2D eigenvalue weighted by molar-refractivity contribution is 5.88. The van der Waals surface area contributed by atoms with E-state index in [0.717, 1.165) is 27.9 Å². The topological polar surface area (TPSA) is 156 Å². The lowest BCUT2D eigenvalue weighted by Gasteiger charge is -2.42. The Balaban J connectivity index is 0.938.